The lowest BCUT2D eigenvalue weighted by atomic mass is 9.89. The molecule has 0 aliphatic heterocycles. The molecule has 1 aliphatic carbocycles. The van der Waals surface area contributed by atoms with Crippen molar-refractivity contribution in [3.05, 3.63) is 35.5 Å². The predicted molar refractivity (Wildman–Crippen MR) is 92.4 cm³/mol. The van der Waals surface area contributed by atoms with Gasteiger partial charge in [0, 0.05) is 18.3 Å². The molecule has 1 saturated carbocycles. The van der Waals surface area contributed by atoms with Crippen LogP contribution in [0, 0.1) is 5.92 Å². The van der Waals surface area contributed by atoms with Crippen molar-refractivity contribution in [3.63, 3.8) is 0 Å². The number of aromatic nitrogens is 1. The Morgan fingerprint density at radius 2 is 2.05 bits per heavy atom. The van der Waals surface area contributed by atoms with E-state index in [0.717, 1.165) is 35.3 Å². The summed E-state index contributed by atoms with van der Waals surface area (Å²) in [6.45, 7) is 2.00. The summed E-state index contributed by atoms with van der Waals surface area (Å²) in [5.74, 6) is 1.77. The highest BCUT2D eigenvalue weighted by Gasteiger charge is 2.13. The van der Waals surface area contributed by atoms with Crippen LogP contribution in [0.3, 0.4) is 0 Å². The van der Waals surface area contributed by atoms with Crippen LogP contribution in [0.1, 0.15) is 37.1 Å². The molecule has 3 rings (SSSR count). The van der Waals surface area contributed by atoms with Crippen LogP contribution in [0.5, 0.6) is 5.75 Å². The third-order valence-electron chi connectivity index (χ3n) is 4.36. The number of nitrogens with one attached hydrogen (secondary N) is 1. The maximum atomic E-state index is 5.43. The van der Waals surface area contributed by atoms with Gasteiger partial charge in [0.15, 0.2) is 0 Å². The van der Waals surface area contributed by atoms with Gasteiger partial charge in [0.2, 0.25) is 0 Å². The molecule has 1 aliphatic rings. The minimum absolute atomic E-state index is 0.863. The Hall–Kier alpha value is -1.39. The first kappa shape index (κ1) is 15.5. The van der Waals surface area contributed by atoms with Crippen molar-refractivity contribution < 1.29 is 4.74 Å². The number of hydrogen-bond acceptors (Lipinski definition) is 4. The Kier molecular flexibility index (Phi) is 5.46. The zero-order valence-electron chi connectivity index (χ0n) is 13.2. The lowest BCUT2D eigenvalue weighted by Gasteiger charge is -2.21. The van der Waals surface area contributed by atoms with Gasteiger partial charge in [0.1, 0.15) is 10.8 Å². The molecule has 0 spiro atoms. The van der Waals surface area contributed by atoms with Crippen LogP contribution < -0.4 is 10.1 Å². The van der Waals surface area contributed by atoms with Crippen molar-refractivity contribution in [2.45, 2.75) is 38.6 Å². The van der Waals surface area contributed by atoms with Gasteiger partial charge < -0.3 is 10.1 Å². The Bertz CT molecular complexity index is 590. The minimum Gasteiger partial charge on any atom is -0.496 e. The molecule has 0 atom stereocenters. The number of para-hydroxylation sites is 1. The fourth-order valence-electron chi connectivity index (χ4n) is 3.14. The fourth-order valence-corrected chi connectivity index (χ4v) is 4.06. The summed E-state index contributed by atoms with van der Waals surface area (Å²) in [4.78, 5) is 5.72. The van der Waals surface area contributed by atoms with Crippen molar-refractivity contribution >= 4 is 11.3 Å². The molecular weight excluding hydrogens is 292 g/mol. The summed E-state index contributed by atoms with van der Waals surface area (Å²) in [5.41, 5.74) is 1.13. The van der Waals surface area contributed by atoms with Crippen LogP contribution in [-0.2, 0) is 6.54 Å². The zero-order valence-corrected chi connectivity index (χ0v) is 14.0. The highest BCUT2D eigenvalue weighted by molar-refractivity contribution is 7.15. The molecule has 1 fully saturated rings. The second-order valence-electron chi connectivity index (χ2n) is 5.95. The quantitative estimate of drug-likeness (QED) is 0.852. The molecule has 3 nitrogen and oxygen atoms in total. The molecule has 1 aromatic carbocycles. The Morgan fingerprint density at radius 1 is 1.23 bits per heavy atom. The van der Waals surface area contributed by atoms with Gasteiger partial charge in [-0.2, -0.15) is 0 Å². The van der Waals surface area contributed by atoms with Crippen molar-refractivity contribution in [2.75, 3.05) is 13.7 Å². The topological polar surface area (TPSA) is 34.1 Å². The van der Waals surface area contributed by atoms with E-state index in [1.807, 2.05) is 24.4 Å². The van der Waals surface area contributed by atoms with E-state index >= 15 is 0 Å². The Balaban J connectivity index is 1.57. The van der Waals surface area contributed by atoms with Gasteiger partial charge >= 0.3 is 0 Å². The molecular formula is C18H24N2OS. The van der Waals surface area contributed by atoms with E-state index in [4.69, 9.17) is 4.74 Å². The minimum atomic E-state index is 0.863. The van der Waals surface area contributed by atoms with Crippen molar-refractivity contribution in [2.24, 2.45) is 5.92 Å². The van der Waals surface area contributed by atoms with Gasteiger partial charge in [-0.15, -0.1) is 11.3 Å². The van der Waals surface area contributed by atoms with Crippen molar-refractivity contribution in [1.82, 2.24) is 10.3 Å². The second-order valence-corrected chi connectivity index (χ2v) is 7.07. The van der Waals surface area contributed by atoms with Crippen LogP contribution in [0.2, 0.25) is 0 Å². The van der Waals surface area contributed by atoms with Crippen molar-refractivity contribution in [1.29, 1.82) is 0 Å². The summed E-state index contributed by atoms with van der Waals surface area (Å²) < 4.78 is 5.43. The van der Waals surface area contributed by atoms with E-state index in [-0.39, 0.29) is 0 Å². The summed E-state index contributed by atoms with van der Waals surface area (Å²) in [5, 5.41) is 4.73. The Labute approximate surface area is 136 Å². The average molecular weight is 316 g/mol. The number of hydrogen-bond donors (Lipinski definition) is 1. The lowest BCUT2D eigenvalue weighted by molar-refractivity contribution is 0.342. The molecule has 0 unspecified atom stereocenters. The third kappa shape index (κ3) is 3.87. The molecule has 1 heterocycles. The molecule has 1 aromatic heterocycles. The highest BCUT2D eigenvalue weighted by Crippen LogP contribution is 2.33. The average Bonchev–Trinajstić information content (AvgIpc) is 3.04. The molecule has 0 radical (unpaired) electrons. The molecule has 4 heteroatoms. The SMILES string of the molecule is COc1ccccc1-c1cnc(CNCC2CCCCC2)s1. The van der Waals surface area contributed by atoms with E-state index < -0.39 is 0 Å². The van der Waals surface area contributed by atoms with Crippen LogP contribution in [0.4, 0.5) is 0 Å². The molecule has 0 saturated heterocycles. The van der Waals surface area contributed by atoms with Crippen LogP contribution in [-0.4, -0.2) is 18.6 Å². The first-order valence-corrected chi connectivity index (χ1v) is 8.97. The van der Waals surface area contributed by atoms with Gasteiger partial charge in [-0.25, -0.2) is 4.98 Å². The third-order valence-corrected chi connectivity index (χ3v) is 5.39. The Morgan fingerprint density at radius 3 is 2.86 bits per heavy atom. The number of rotatable bonds is 6. The van der Waals surface area contributed by atoms with Gasteiger partial charge in [0.05, 0.1) is 12.0 Å². The first-order chi connectivity index (χ1) is 10.9. The van der Waals surface area contributed by atoms with Crippen LogP contribution in [0.25, 0.3) is 10.4 Å². The summed E-state index contributed by atoms with van der Waals surface area (Å²) >= 11 is 1.75. The maximum Gasteiger partial charge on any atom is 0.127 e. The largest absolute Gasteiger partial charge is 0.496 e. The molecule has 22 heavy (non-hydrogen) atoms. The summed E-state index contributed by atoms with van der Waals surface area (Å²) in [7, 11) is 1.71. The van der Waals surface area contributed by atoms with Crippen LogP contribution in [0.15, 0.2) is 30.5 Å². The van der Waals surface area contributed by atoms with Gasteiger partial charge in [-0.1, -0.05) is 31.4 Å². The lowest BCUT2D eigenvalue weighted by Crippen LogP contribution is -2.24. The predicted octanol–water partition coefficient (Wildman–Crippen LogP) is 4.49. The highest BCUT2D eigenvalue weighted by atomic mass is 32.1. The van der Waals surface area contributed by atoms with Crippen molar-refractivity contribution in [3.8, 4) is 16.2 Å². The normalized spacial score (nSPS) is 15.9. The molecule has 2 aromatic rings. The van der Waals surface area contributed by atoms with E-state index in [9.17, 15) is 0 Å². The van der Waals surface area contributed by atoms with Gasteiger partial charge in [-0.05, 0) is 37.4 Å². The smallest absolute Gasteiger partial charge is 0.127 e. The van der Waals surface area contributed by atoms with E-state index in [0.29, 0.717) is 0 Å². The van der Waals surface area contributed by atoms with Gasteiger partial charge in [0.25, 0.3) is 0 Å². The fraction of sp³-hybridized carbons (Fsp3) is 0.500. The number of ether oxygens (including phenoxy) is 1. The first-order valence-electron chi connectivity index (χ1n) is 8.15. The number of thiazole rings is 1. The summed E-state index contributed by atoms with van der Waals surface area (Å²) in [6, 6.07) is 8.12. The van der Waals surface area contributed by atoms with E-state index in [1.165, 1.54) is 37.0 Å². The second kappa shape index (κ2) is 7.75. The van der Waals surface area contributed by atoms with Gasteiger partial charge in [-0.3, -0.25) is 0 Å². The number of benzene rings is 1. The number of nitrogens with zero attached hydrogens (tertiary/aromatic N) is 1. The maximum absolute atomic E-state index is 5.43. The standard InChI is InChI=1S/C18H24N2OS/c1-21-16-10-6-5-9-15(16)17-12-20-18(22-17)13-19-11-14-7-3-2-4-8-14/h5-6,9-10,12,14,19H,2-4,7-8,11,13H2,1H3. The zero-order chi connectivity index (χ0) is 15.2. The summed E-state index contributed by atoms with van der Waals surface area (Å²) in [6.07, 6.45) is 8.96. The van der Waals surface area contributed by atoms with E-state index in [1.54, 1.807) is 18.4 Å². The number of methoxy groups -OCH3 is 1. The molecule has 0 bridgehead atoms. The molecule has 0 amide bonds. The molecule has 1 N–H and O–H groups in total. The molecule has 118 valence electrons. The van der Waals surface area contributed by atoms with Crippen LogP contribution >= 0.6 is 11.3 Å². The monoisotopic (exact) mass is 316 g/mol. The van der Waals surface area contributed by atoms with E-state index in [2.05, 4.69) is 16.4 Å².